The molecule has 1 unspecified atom stereocenters. The van der Waals surface area contributed by atoms with E-state index in [1.165, 1.54) is 0 Å². The van der Waals surface area contributed by atoms with Crippen LogP contribution in [0.1, 0.15) is 17.7 Å². The second-order valence-corrected chi connectivity index (χ2v) is 7.18. The molecule has 1 aromatic heterocycles. The van der Waals surface area contributed by atoms with Crippen LogP contribution in [0.25, 0.3) is 16.5 Å². The van der Waals surface area contributed by atoms with Crippen LogP contribution in [0.2, 0.25) is 0 Å². The van der Waals surface area contributed by atoms with Crippen LogP contribution in [0.15, 0.2) is 60.7 Å². The van der Waals surface area contributed by atoms with Crippen LogP contribution in [-0.4, -0.2) is 24.3 Å². The standard InChI is InChI=1S/C23H21F3N2O/c1-15-9-10-19-20(6-4-7-21(19)28-15)27-14-17(23(24,25)26)13-16-11-12-29-22-8-3-2-5-18(16)22/h2-11,17,27H,12-14H2,1H3. The zero-order valence-electron chi connectivity index (χ0n) is 16.0. The summed E-state index contributed by atoms with van der Waals surface area (Å²) in [5.74, 6) is -0.886. The number of benzene rings is 2. The zero-order valence-corrected chi connectivity index (χ0v) is 16.0. The van der Waals surface area contributed by atoms with E-state index < -0.39 is 12.1 Å². The van der Waals surface area contributed by atoms with Crippen LogP contribution in [0, 0.1) is 12.8 Å². The van der Waals surface area contributed by atoms with E-state index in [0.717, 1.165) is 22.2 Å². The summed E-state index contributed by atoms with van der Waals surface area (Å²) in [7, 11) is 0. The molecular weight excluding hydrogens is 377 g/mol. The van der Waals surface area contributed by atoms with Crippen LogP contribution in [0.3, 0.4) is 0 Å². The van der Waals surface area contributed by atoms with Gasteiger partial charge in [-0.15, -0.1) is 0 Å². The van der Waals surface area contributed by atoms with Crippen molar-refractivity contribution in [2.45, 2.75) is 19.5 Å². The van der Waals surface area contributed by atoms with E-state index in [-0.39, 0.29) is 13.0 Å². The van der Waals surface area contributed by atoms with Gasteiger partial charge in [-0.1, -0.05) is 24.3 Å². The van der Waals surface area contributed by atoms with Gasteiger partial charge in [-0.25, -0.2) is 0 Å². The SMILES string of the molecule is Cc1ccc2c(NCC(CC3=CCOc4ccccc43)C(F)(F)F)cccc2n1. The highest BCUT2D eigenvalue weighted by Crippen LogP contribution is 2.38. The molecule has 0 saturated heterocycles. The molecule has 29 heavy (non-hydrogen) atoms. The maximum atomic E-state index is 13.8. The van der Waals surface area contributed by atoms with Crippen LogP contribution >= 0.6 is 0 Å². The highest BCUT2D eigenvalue weighted by Gasteiger charge is 2.40. The Bertz CT molecular complexity index is 1060. The number of aryl methyl sites for hydroxylation is 1. The number of hydrogen-bond donors (Lipinski definition) is 1. The number of anilines is 1. The molecular formula is C23H21F3N2O. The molecule has 1 aliphatic rings. The first kappa shape index (κ1) is 19.3. The van der Waals surface area contributed by atoms with Crippen LogP contribution < -0.4 is 10.1 Å². The van der Waals surface area contributed by atoms with Gasteiger partial charge in [0.1, 0.15) is 12.4 Å². The monoisotopic (exact) mass is 398 g/mol. The Labute approximate surface area is 167 Å². The van der Waals surface area contributed by atoms with E-state index in [2.05, 4.69) is 10.3 Å². The smallest absolute Gasteiger partial charge is 0.393 e. The first-order valence-electron chi connectivity index (χ1n) is 9.50. The molecule has 0 saturated carbocycles. The highest BCUT2D eigenvalue weighted by atomic mass is 19.4. The van der Waals surface area contributed by atoms with Crippen LogP contribution in [0.5, 0.6) is 5.75 Å². The maximum Gasteiger partial charge on any atom is 0.393 e. The lowest BCUT2D eigenvalue weighted by atomic mass is 9.91. The molecule has 3 aromatic rings. The molecule has 0 bridgehead atoms. The van der Waals surface area contributed by atoms with E-state index in [1.54, 1.807) is 30.3 Å². The summed E-state index contributed by atoms with van der Waals surface area (Å²) in [4.78, 5) is 4.45. The quantitative estimate of drug-likeness (QED) is 0.572. The lowest BCUT2D eigenvalue weighted by Gasteiger charge is -2.25. The normalized spacial score (nSPS) is 14.7. The molecule has 0 spiro atoms. The number of para-hydroxylation sites is 1. The summed E-state index contributed by atoms with van der Waals surface area (Å²) in [6, 6.07) is 16.4. The number of nitrogens with one attached hydrogen (secondary N) is 1. The number of halogens is 3. The van der Waals surface area contributed by atoms with Gasteiger partial charge in [0.15, 0.2) is 0 Å². The van der Waals surface area contributed by atoms with E-state index in [4.69, 9.17) is 4.74 Å². The minimum Gasteiger partial charge on any atom is -0.489 e. The van der Waals surface area contributed by atoms with Gasteiger partial charge in [-0.3, -0.25) is 4.98 Å². The number of alkyl halides is 3. The van der Waals surface area contributed by atoms with Gasteiger partial charge < -0.3 is 10.1 Å². The van der Waals surface area contributed by atoms with E-state index in [9.17, 15) is 13.2 Å². The van der Waals surface area contributed by atoms with E-state index >= 15 is 0 Å². The number of fused-ring (bicyclic) bond motifs is 2. The van der Waals surface area contributed by atoms with Gasteiger partial charge in [0.25, 0.3) is 0 Å². The molecule has 1 N–H and O–H groups in total. The number of allylic oxidation sites excluding steroid dienone is 1. The number of aromatic nitrogens is 1. The number of rotatable bonds is 5. The van der Waals surface area contributed by atoms with Gasteiger partial charge in [0.2, 0.25) is 0 Å². The minimum atomic E-state index is -4.32. The summed E-state index contributed by atoms with van der Waals surface area (Å²) < 4.78 is 47.0. The zero-order chi connectivity index (χ0) is 20.4. The summed E-state index contributed by atoms with van der Waals surface area (Å²) >= 11 is 0. The Hall–Kier alpha value is -3.02. The molecule has 0 radical (unpaired) electrons. The van der Waals surface area contributed by atoms with Crippen LogP contribution in [-0.2, 0) is 0 Å². The molecule has 2 heterocycles. The third-order valence-corrected chi connectivity index (χ3v) is 5.14. The predicted molar refractivity (Wildman–Crippen MR) is 109 cm³/mol. The van der Waals surface area contributed by atoms with Gasteiger partial charge in [0.05, 0.1) is 11.4 Å². The summed E-state index contributed by atoms with van der Waals surface area (Å²) in [5.41, 5.74) is 3.70. The van der Waals surface area contributed by atoms with Crippen molar-refractivity contribution in [3.8, 4) is 5.75 Å². The Morgan fingerprint density at radius 1 is 1.07 bits per heavy atom. The predicted octanol–water partition coefficient (Wildman–Crippen LogP) is 6.00. The van der Waals surface area contributed by atoms with Crippen molar-refractivity contribution in [1.82, 2.24) is 4.98 Å². The van der Waals surface area contributed by atoms with Gasteiger partial charge in [-0.2, -0.15) is 13.2 Å². The molecule has 0 fully saturated rings. The van der Waals surface area contributed by atoms with Crippen molar-refractivity contribution in [3.63, 3.8) is 0 Å². The third-order valence-electron chi connectivity index (χ3n) is 5.14. The fraction of sp³-hybridized carbons (Fsp3) is 0.261. The molecule has 0 amide bonds. The maximum absolute atomic E-state index is 13.8. The van der Waals surface area contributed by atoms with Crippen molar-refractivity contribution in [3.05, 3.63) is 71.9 Å². The Morgan fingerprint density at radius 3 is 2.72 bits per heavy atom. The molecule has 2 aromatic carbocycles. The number of hydrogen-bond acceptors (Lipinski definition) is 3. The highest BCUT2D eigenvalue weighted by molar-refractivity contribution is 5.91. The first-order chi connectivity index (χ1) is 13.9. The van der Waals surface area contributed by atoms with E-state index in [0.29, 0.717) is 23.6 Å². The second kappa shape index (κ2) is 7.78. The number of ether oxygens (including phenoxy) is 1. The van der Waals surface area contributed by atoms with Crippen LogP contribution in [0.4, 0.5) is 18.9 Å². The summed E-state index contributed by atoms with van der Waals surface area (Å²) in [6.45, 7) is 1.97. The summed E-state index contributed by atoms with van der Waals surface area (Å²) in [6.07, 6.45) is -2.68. The van der Waals surface area contributed by atoms with Crippen molar-refractivity contribution < 1.29 is 17.9 Å². The van der Waals surface area contributed by atoms with Gasteiger partial charge in [0, 0.05) is 28.9 Å². The topological polar surface area (TPSA) is 34.1 Å². The van der Waals surface area contributed by atoms with Gasteiger partial charge >= 0.3 is 6.18 Å². The molecule has 150 valence electrons. The lowest BCUT2D eigenvalue weighted by Crippen LogP contribution is -2.30. The van der Waals surface area contributed by atoms with Crippen molar-refractivity contribution in [1.29, 1.82) is 0 Å². The number of nitrogens with zero attached hydrogens (tertiary/aromatic N) is 1. The largest absolute Gasteiger partial charge is 0.489 e. The molecule has 0 aliphatic carbocycles. The second-order valence-electron chi connectivity index (χ2n) is 7.18. The van der Waals surface area contributed by atoms with Crippen molar-refractivity contribution in [2.75, 3.05) is 18.5 Å². The third kappa shape index (κ3) is 4.21. The molecule has 3 nitrogen and oxygen atoms in total. The summed E-state index contributed by atoms with van der Waals surface area (Å²) in [5, 5.41) is 3.82. The fourth-order valence-corrected chi connectivity index (χ4v) is 3.61. The Morgan fingerprint density at radius 2 is 1.90 bits per heavy atom. The minimum absolute atomic E-state index is 0.0982. The molecule has 4 rings (SSSR count). The Balaban J connectivity index is 1.56. The van der Waals surface area contributed by atoms with Crippen molar-refractivity contribution >= 4 is 22.2 Å². The molecule has 1 atom stereocenters. The molecule has 6 heteroatoms. The average Bonchev–Trinajstić information content (AvgIpc) is 2.70. The number of pyridine rings is 1. The van der Waals surface area contributed by atoms with Crippen molar-refractivity contribution in [2.24, 2.45) is 5.92 Å². The first-order valence-corrected chi connectivity index (χ1v) is 9.50. The molecule has 1 aliphatic heterocycles. The Kier molecular flexibility index (Phi) is 5.18. The van der Waals surface area contributed by atoms with Gasteiger partial charge in [-0.05, 0) is 55.3 Å². The average molecular weight is 398 g/mol. The van der Waals surface area contributed by atoms with E-state index in [1.807, 2.05) is 37.3 Å². The fourth-order valence-electron chi connectivity index (χ4n) is 3.61. The lowest BCUT2D eigenvalue weighted by molar-refractivity contribution is -0.169.